The molecule has 6 nitrogen and oxygen atoms in total. The van der Waals surface area contributed by atoms with Crippen LogP contribution in [-0.4, -0.2) is 64.7 Å². The third kappa shape index (κ3) is 21.2. The average molecular weight is 553 g/mol. The lowest BCUT2D eigenvalue weighted by Gasteiger charge is -2.32. The Morgan fingerprint density at radius 1 is 0.500 bits per heavy atom. The number of unbranched alkanes of at least 4 members (excludes halogenated alkanes) is 9. The van der Waals surface area contributed by atoms with E-state index in [4.69, 9.17) is 27.5 Å². The maximum atomic E-state index is 5.83. The van der Waals surface area contributed by atoms with Gasteiger partial charge in [0.25, 0.3) is 5.97 Å². The minimum atomic E-state index is -2.36. The molecule has 0 atom stereocenters. The van der Waals surface area contributed by atoms with Gasteiger partial charge in [-0.05, 0) is 54.4 Å². The van der Waals surface area contributed by atoms with Gasteiger partial charge in [0, 0.05) is 62.3 Å². The molecule has 0 fully saturated rings. The molecule has 0 saturated carbocycles. The first-order valence-corrected chi connectivity index (χ1v) is 18.7. The van der Waals surface area contributed by atoms with Crippen LogP contribution in [0.5, 0.6) is 0 Å². The molecule has 8 heteroatoms. The highest BCUT2D eigenvalue weighted by Crippen LogP contribution is 2.24. The summed E-state index contributed by atoms with van der Waals surface area (Å²) < 4.78 is 34.6. The number of hydrogen-bond acceptors (Lipinski definition) is 6. The smallest absolute Gasteiger partial charge is 0.374 e. The molecule has 0 aliphatic rings. The summed E-state index contributed by atoms with van der Waals surface area (Å²) in [6.45, 7) is 18.2. The Bertz CT molecular complexity index is 357. The van der Waals surface area contributed by atoms with Crippen molar-refractivity contribution in [1.29, 1.82) is 0 Å². The lowest BCUT2D eigenvalue weighted by Crippen LogP contribution is -2.45. The second-order valence-corrected chi connectivity index (χ2v) is 12.7. The predicted molar refractivity (Wildman–Crippen MR) is 159 cm³/mol. The molecule has 36 heavy (non-hydrogen) atoms. The maximum Gasteiger partial charge on any atom is 0.500 e. The molecule has 0 rings (SSSR count). The molecule has 0 N–H and O–H groups in total. The summed E-state index contributed by atoms with van der Waals surface area (Å²) in [7, 11) is -1.02. The van der Waals surface area contributed by atoms with Gasteiger partial charge in [-0.2, -0.15) is 0 Å². The molecule has 0 aromatic rings. The lowest BCUT2D eigenvalue weighted by atomic mass is 10.1. The fourth-order valence-corrected chi connectivity index (χ4v) is 7.43. The van der Waals surface area contributed by atoms with E-state index in [2.05, 4.69) is 6.92 Å². The van der Waals surface area contributed by atoms with Gasteiger partial charge in [-0.1, -0.05) is 70.8 Å². The molecule has 0 radical (unpaired) electrons. The molecular formula is C28H64O6Si2. The molecular weight excluding hydrogens is 488 g/mol. The third-order valence-electron chi connectivity index (χ3n) is 5.86. The van der Waals surface area contributed by atoms with Gasteiger partial charge in [-0.15, -0.1) is 0 Å². The van der Waals surface area contributed by atoms with E-state index in [-0.39, 0.29) is 0 Å². The van der Waals surface area contributed by atoms with E-state index < -0.39 is 14.8 Å². The molecule has 0 aliphatic carbocycles. The van der Waals surface area contributed by atoms with Gasteiger partial charge in [0.2, 0.25) is 0 Å². The van der Waals surface area contributed by atoms with Crippen molar-refractivity contribution in [2.75, 3.05) is 39.6 Å². The Hall–Kier alpha value is 0.194. The van der Waals surface area contributed by atoms with E-state index in [0.29, 0.717) is 39.6 Å². The highest BCUT2D eigenvalue weighted by atomic mass is 28.4. The van der Waals surface area contributed by atoms with Gasteiger partial charge in [0.05, 0.1) is 0 Å². The number of hydrogen-bond donors (Lipinski definition) is 0. The normalized spacial score (nSPS) is 12.1. The first kappa shape index (κ1) is 38.3. The molecule has 0 saturated heterocycles. The Balaban J connectivity index is 0. The van der Waals surface area contributed by atoms with Crippen LogP contribution in [0.25, 0.3) is 0 Å². The summed E-state index contributed by atoms with van der Waals surface area (Å²) in [5, 5.41) is 0. The molecule has 0 spiro atoms. The van der Waals surface area contributed by atoms with E-state index in [9.17, 15) is 0 Å². The standard InChI is InChI=1S/2C14H32O3Si/c1-5-9-10-11-12-13-14-18(15-6-2,16-7-3)17-8-4;1-4-15-14(16-5-2,17-6-3)12-10-8-7-9-11-13-18/h5-14H2,1-4H3;4-13H2,1-3,18H3. The van der Waals surface area contributed by atoms with E-state index in [1.54, 1.807) is 0 Å². The molecule has 0 aromatic carbocycles. The van der Waals surface area contributed by atoms with Gasteiger partial charge in [-0.25, -0.2) is 0 Å². The summed E-state index contributed by atoms with van der Waals surface area (Å²) in [4.78, 5) is 0. The van der Waals surface area contributed by atoms with Crippen molar-refractivity contribution in [2.24, 2.45) is 0 Å². The minimum Gasteiger partial charge on any atom is -0.374 e. The van der Waals surface area contributed by atoms with Crippen LogP contribution in [0.1, 0.15) is 126 Å². The summed E-state index contributed by atoms with van der Waals surface area (Å²) in [6.07, 6.45) is 15.0. The topological polar surface area (TPSA) is 55.4 Å². The van der Waals surface area contributed by atoms with Crippen molar-refractivity contribution in [3.8, 4) is 0 Å². The van der Waals surface area contributed by atoms with Crippen LogP contribution in [0, 0.1) is 0 Å². The number of rotatable bonds is 26. The highest BCUT2D eigenvalue weighted by molar-refractivity contribution is 6.60. The minimum absolute atomic E-state index is 0.625. The second kappa shape index (κ2) is 28.2. The van der Waals surface area contributed by atoms with Crippen LogP contribution in [0.4, 0.5) is 0 Å². The molecule has 0 unspecified atom stereocenters. The first-order chi connectivity index (χ1) is 17.5. The van der Waals surface area contributed by atoms with Crippen molar-refractivity contribution >= 4 is 19.0 Å². The van der Waals surface area contributed by atoms with E-state index in [0.717, 1.165) is 25.3 Å². The van der Waals surface area contributed by atoms with Crippen LogP contribution in [0.2, 0.25) is 12.1 Å². The van der Waals surface area contributed by atoms with Crippen molar-refractivity contribution < 1.29 is 27.5 Å². The SMILES string of the molecule is CCCCCCCC[Si](OCC)(OCC)OCC.CCOC(CCCCCCC[SiH3])(OCC)OCC. The van der Waals surface area contributed by atoms with Gasteiger partial charge in [-0.3, -0.25) is 0 Å². The molecule has 220 valence electrons. The van der Waals surface area contributed by atoms with Crippen LogP contribution < -0.4 is 0 Å². The monoisotopic (exact) mass is 552 g/mol. The quantitative estimate of drug-likeness (QED) is 0.0639. The zero-order valence-electron chi connectivity index (χ0n) is 25.6. The van der Waals surface area contributed by atoms with E-state index in [1.165, 1.54) is 74.1 Å². The zero-order chi connectivity index (χ0) is 27.4. The molecule has 0 heterocycles. The van der Waals surface area contributed by atoms with Gasteiger partial charge < -0.3 is 27.5 Å². The van der Waals surface area contributed by atoms with E-state index in [1.807, 2.05) is 41.5 Å². The van der Waals surface area contributed by atoms with E-state index >= 15 is 0 Å². The van der Waals surface area contributed by atoms with Crippen LogP contribution in [0.3, 0.4) is 0 Å². The molecule has 0 bridgehead atoms. The van der Waals surface area contributed by atoms with Crippen LogP contribution >= 0.6 is 0 Å². The first-order valence-electron chi connectivity index (χ1n) is 15.3. The molecule has 0 aliphatic heterocycles. The summed E-state index contributed by atoms with van der Waals surface area (Å²) >= 11 is 0. The van der Waals surface area contributed by atoms with Crippen LogP contribution in [-0.2, 0) is 27.5 Å². The van der Waals surface area contributed by atoms with Crippen molar-refractivity contribution in [1.82, 2.24) is 0 Å². The number of ether oxygens (including phenoxy) is 3. The van der Waals surface area contributed by atoms with Gasteiger partial charge >= 0.3 is 8.80 Å². The Morgan fingerprint density at radius 2 is 0.917 bits per heavy atom. The van der Waals surface area contributed by atoms with Crippen molar-refractivity contribution in [3.63, 3.8) is 0 Å². The second-order valence-electron chi connectivity index (χ2n) is 9.00. The summed E-state index contributed by atoms with van der Waals surface area (Å²) in [5.41, 5.74) is 0. The Kier molecular flexibility index (Phi) is 30.0. The highest BCUT2D eigenvalue weighted by Gasteiger charge is 2.39. The van der Waals surface area contributed by atoms with Gasteiger partial charge in [0.1, 0.15) is 0 Å². The molecule has 0 aromatic heterocycles. The average Bonchev–Trinajstić information content (AvgIpc) is 2.85. The zero-order valence-corrected chi connectivity index (χ0v) is 28.6. The summed E-state index contributed by atoms with van der Waals surface area (Å²) in [5.74, 6) is -0.796. The van der Waals surface area contributed by atoms with Crippen molar-refractivity contribution in [3.05, 3.63) is 0 Å². The predicted octanol–water partition coefficient (Wildman–Crippen LogP) is 7.27. The maximum absolute atomic E-state index is 5.83. The Morgan fingerprint density at radius 3 is 1.33 bits per heavy atom. The van der Waals surface area contributed by atoms with Gasteiger partial charge in [0.15, 0.2) is 0 Å². The molecule has 0 amide bonds. The Labute approximate surface area is 229 Å². The van der Waals surface area contributed by atoms with Crippen molar-refractivity contribution in [2.45, 2.75) is 144 Å². The third-order valence-corrected chi connectivity index (χ3v) is 9.72. The van der Waals surface area contributed by atoms with Crippen LogP contribution in [0.15, 0.2) is 0 Å². The fourth-order valence-electron chi connectivity index (χ4n) is 4.25. The lowest BCUT2D eigenvalue weighted by molar-refractivity contribution is -0.380. The fraction of sp³-hybridized carbons (Fsp3) is 1.00. The largest absolute Gasteiger partial charge is 0.500 e. The summed E-state index contributed by atoms with van der Waals surface area (Å²) in [6, 6.07) is 2.40.